The van der Waals surface area contributed by atoms with Crippen molar-refractivity contribution >= 4 is 0 Å². The molecule has 1 aliphatic heterocycles. The third-order valence-electron chi connectivity index (χ3n) is 4.70. The molecule has 2 rings (SSSR count). The number of hydrogen-bond acceptors (Lipinski definition) is 2. The van der Waals surface area contributed by atoms with E-state index in [0.717, 1.165) is 25.9 Å². The minimum atomic E-state index is -0.475. The van der Waals surface area contributed by atoms with E-state index in [1.165, 1.54) is 31.0 Å². The van der Waals surface area contributed by atoms with E-state index in [9.17, 15) is 8.78 Å². The van der Waals surface area contributed by atoms with Crippen LogP contribution in [-0.2, 0) is 0 Å². The summed E-state index contributed by atoms with van der Waals surface area (Å²) in [7, 11) is 1.77. The van der Waals surface area contributed by atoms with Crippen molar-refractivity contribution in [2.24, 2.45) is 0 Å². The molecule has 1 fully saturated rings. The molecule has 1 unspecified atom stereocenters. The maximum absolute atomic E-state index is 14.2. The highest BCUT2D eigenvalue weighted by Gasteiger charge is 2.38. The molecule has 1 atom stereocenters. The Balaban J connectivity index is 2.34. The fourth-order valence-electron chi connectivity index (χ4n) is 3.47. The first kappa shape index (κ1) is 16.4. The number of benzene rings is 1. The highest BCUT2D eigenvalue weighted by atomic mass is 19.1. The van der Waals surface area contributed by atoms with Gasteiger partial charge in [0.05, 0.1) is 6.04 Å². The Morgan fingerprint density at radius 1 is 1.05 bits per heavy atom. The van der Waals surface area contributed by atoms with Crippen molar-refractivity contribution in [1.82, 2.24) is 10.2 Å². The van der Waals surface area contributed by atoms with Crippen molar-refractivity contribution in [3.8, 4) is 0 Å². The van der Waals surface area contributed by atoms with Gasteiger partial charge in [-0.3, -0.25) is 4.90 Å². The van der Waals surface area contributed by atoms with Gasteiger partial charge < -0.3 is 5.32 Å². The zero-order valence-corrected chi connectivity index (χ0v) is 13.3. The van der Waals surface area contributed by atoms with Crippen LogP contribution in [0, 0.1) is 11.6 Å². The topological polar surface area (TPSA) is 15.3 Å². The number of nitrogens with zero attached hydrogens (tertiary/aromatic N) is 1. The summed E-state index contributed by atoms with van der Waals surface area (Å²) in [6, 6.07) is 3.71. The maximum Gasteiger partial charge on any atom is 0.130 e. The Bertz CT molecular complexity index is 446. The lowest BCUT2D eigenvalue weighted by atomic mass is 9.86. The second-order valence-corrected chi connectivity index (χ2v) is 6.41. The van der Waals surface area contributed by atoms with E-state index in [1.807, 2.05) is 0 Å². The zero-order valence-electron chi connectivity index (χ0n) is 13.3. The van der Waals surface area contributed by atoms with Gasteiger partial charge in [-0.2, -0.15) is 0 Å². The standard InChI is InChI=1S/C17H26F2N2/c1-17(2,21-11-6-4-5-7-12-21)16(20-3)15-13(18)9-8-10-14(15)19/h8-10,16,20H,4-7,11-12H2,1-3H3. The van der Waals surface area contributed by atoms with E-state index in [2.05, 4.69) is 24.1 Å². The third-order valence-corrected chi connectivity index (χ3v) is 4.70. The molecule has 0 aliphatic carbocycles. The van der Waals surface area contributed by atoms with Gasteiger partial charge in [0.15, 0.2) is 0 Å². The molecular formula is C17H26F2N2. The first-order valence-electron chi connectivity index (χ1n) is 7.84. The molecule has 1 N–H and O–H groups in total. The number of halogens is 2. The van der Waals surface area contributed by atoms with Crippen LogP contribution in [0.5, 0.6) is 0 Å². The van der Waals surface area contributed by atoms with Gasteiger partial charge in [0.1, 0.15) is 11.6 Å². The second kappa shape index (κ2) is 6.84. The van der Waals surface area contributed by atoms with Crippen LogP contribution < -0.4 is 5.32 Å². The van der Waals surface area contributed by atoms with Crippen LogP contribution in [0.2, 0.25) is 0 Å². The Labute approximate surface area is 126 Å². The Morgan fingerprint density at radius 2 is 1.57 bits per heavy atom. The van der Waals surface area contributed by atoms with Crippen LogP contribution >= 0.6 is 0 Å². The highest BCUT2D eigenvalue weighted by Crippen LogP contribution is 2.35. The molecule has 118 valence electrons. The van der Waals surface area contributed by atoms with Crippen LogP contribution in [0.25, 0.3) is 0 Å². The fraction of sp³-hybridized carbons (Fsp3) is 0.647. The third kappa shape index (κ3) is 3.43. The van der Waals surface area contributed by atoms with Gasteiger partial charge >= 0.3 is 0 Å². The van der Waals surface area contributed by atoms with Crippen molar-refractivity contribution in [1.29, 1.82) is 0 Å². The summed E-state index contributed by atoms with van der Waals surface area (Å²) in [5.41, 5.74) is -0.198. The first-order valence-corrected chi connectivity index (χ1v) is 7.84. The van der Waals surface area contributed by atoms with Gasteiger partial charge in [-0.05, 0) is 59.0 Å². The number of hydrogen-bond donors (Lipinski definition) is 1. The van der Waals surface area contributed by atoms with E-state index in [0.29, 0.717) is 0 Å². The first-order chi connectivity index (χ1) is 9.98. The molecular weight excluding hydrogens is 270 g/mol. The predicted molar refractivity (Wildman–Crippen MR) is 82.3 cm³/mol. The Kier molecular flexibility index (Phi) is 5.33. The molecule has 1 saturated heterocycles. The van der Waals surface area contributed by atoms with Crippen molar-refractivity contribution in [3.63, 3.8) is 0 Å². The molecule has 1 aromatic carbocycles. The van der Waals surface area contributed by atoms with Gasteiger partial charge in [0.25, 0.3) is 0 Å². The monoisotopic (exact) mass is 296 g/mol. The average Bonchev–Trinajstić information content (AvgIpc) is 2.72. The minimum absolute atomic E-state index is 0.147. The van der Waals surface area contributed by atoms with Crippen molar-refractivity contribution in [2.75, 3.05) is 20.1 Å². The van der Waals surface area contributed by atoms with Crippen LogP contribution in [0.3, 0.4) is 0 Å². The predicted octanol–water partition coefficient (Wildman–Crippen LogP) is 3.88. The number of nitrogens with one attached hydrogen (secondary N) is 1. The van der Waals surface area contributed by atoms with Gasteiger partial charge in [-0.1, -0.05) is 18.9 Å². The molecule has 2 nitrogen and oxygen atoms in total. The molecule has 1 aromatic rings. The molecule has 0 amide bonds. The zero-order chi connectivity index (χ0) is 15.5. The molecule has 0 radical (unpaired) electrons. The molecule has 1 heterocycles. The molecule has 21 heavy (non-hydrogen) atoms. The smallest absolute Gasteiger partial charge is 0.130 e. The highest BCUT2D eigenvalue weighted by molar-refractivity contribution is 5.26. The largest absolute Gasteiger partial charge is 0.311 e. The summed E-state index contributed by atoms with van der Waals surface area (Å²) in [4.78, 5) is 2.37. The van der Waals surface area contributed by atoms with Crippen LogP contribution in [0.1, 0.15) is 51.1 Å². The quantitative estimate of drug-likeness (QED) is 0.907. The van der Waals surface area contributed by atoms with Gasteiger partial charge in [0, 0.05) is 11.1 Å². The summed E-state index contributed by atoms with van der Waals surface area (Å²) in [5.74, 6) is -0.950. The van der Waals surface area contributed by atoms with Crippen molar-refractivity contribution < 1.29 is 8.78 Å². The van der Waals surface area contributed by atoms with E-state index < -0.39 is 11.6 Å². The van der Waals surface area contributed by atoms with E-state index in [-0.39, 0.29) is 17.1 Å². The van der Waals surface area contributed by atoms with E-state index in [4.69, 9.17) is 0 Å². The van der Waals surface area contributed by atoms with Gasteiger partial charge in [-0.25, -0.2) is 8.78 Å². The Morgan fingerprint density at radius 3 is 2.05 bits per heavy atom. The summed E-state index contributed by atoms with van der Waals surface area (Å²) < 4.78 is 28.3. The molecule has 0 saturated carbocycles. The SMILES string of the molecule is CNC(c1c(F)cccc1F)C(C)(C)N1CCCCCC1. The molecule has 0 aromatic heterocycles. The van der Waals surface area contributed by atoms with Crippen molar-refractivity contribution in [2.45, 2.75) is 51.1 Å². The summed E-state index contributed by atoms with van der Waals surface area (Å²) >= 11 is 0. The molecule has 1 aliphatic rings. The number of likely N-dealkylation sites (N-methyl/N-ethyl adjacent to an activating group) is 1. The van der Waals surface area contributed by atoms with Crippen LogP contribution in [0.15, 0.2) is 18.2 Å². The second-order valence-electron chi connectivity index (χ2n) is 6.41. The van der Waals surface area contributed by atoms with Gasteiger partial charge in [0.2, 0.25) is 0 Å². The summed E-state index contributed by atoms with van der Waals surface area (Å²) in [6.45, 7) is 6.12. The number of rotatable bonds is 4. The Hall–Kier alpha value is -1.00. The lowest BCUT2D eigenvalue weighted by Crippen LogP contribution is -2.52. The lowest BCUT2D eigenvalue weighted by molar-refractivity contribution is 0.0835. The average molecular weight is 296 g/mol. The maximum atomic E-state index is 14.2. The van der Waals surface area contributed by atoms with Gasteiger partial charge in [-0.15, -0.1) is 0 Å². The van der Waals surface area contributed by atoms with Crippen LogP contribution in [0.4, 0.5) is 8.78 Å². The summed E-state index contributed by atoms with van der Waals surface area (Å²) in [5, 5.41) is 3.14. The molecule has 0 bridgehead atoms. The molecule has 4 heteroatoms. The normalized spacial score (nSPS) is 19.3. The summed E-state index contributed by atoms with van der Waals surface area (Å²) in [6.07, 6.45) is 4.79. The van der Waals surface area contributed by atoms with Crippen molar-refractivity contribution in [3.05, 3.63) is 35.4 Å². The number of likely N-dealkylation sites (tertiary alicyclic amines) is 1. The minimum Gasteiger partial charge on any atom is -0.311 e. The van der Waals surface area contributed by atoms with E-state index >= 15 is 0 Å². The lowest BCUT2D eigenvalue weighted by Gasteiger charge is -2.44. The van der Waals surface area contributed by atoms with Crippen LogP contribution in [-0.4, -0.2) is 30.6 Å². The fourth-order valence-corrected chi connectivity index (χ4v) is 3.47. The molecule has 0 spiro atoms. The van der Waals surface area contributed by atoms with E-state index in [1.54, 1.807) is 7.05 Å².